The lowest BCUT2D eigenvalue weighted by Crippen LogP contribution is -2.45. The summed E-state index contributed by atoms with van der Waals surface area (Å²) in [5.41, 5.74) is 0. The van der Waals surface area contributed by atoms with Crippen molar-refractivity contribution < 1.29 is 9.53 Å². The van der Waals surface area contributed by atoms with Crippen LogP contribution in [0.25, 0.3) is 0 Å². The van der Waals surface area contributed by atoms with Crippen LogP contribution in [0.15, 0.2) is 0 Å². The molecule has 1 atom stereocenters. The summed E-state index contributed by atoms with van der Waals surface area (Å²) < 4.78 is 5.59. The molecule has 1 fully saturated rings. The Morgan fingerprint density at radius 2 is 2.05 bits per heavy atom. The number of nitrogens with one attached hydrogen (secondary N) is 1. The predicted molar refractivity (Wildman–Crippen MR) is 78.2 cm³/mol. The molecule has 0 aliphatic carbocycles. The second kappa shape index (κ2) is 9.32. The zero-order chi connectivity index (χ0) is 14.1. The maximum absolute atomic E-state index is 12.2. The highest BCUT2D eigenvalue weighted by Crippen LogP contribution is 2.17. The fourth-order valence-corrected chi connectivity index (χ4v) is 2.44. The van der Waals surface area contributed by atoms with Gasteiger partial charge in [-0.2, -0.15) is 0 Å². The van der Waals surface area contributed by atoms with Gasteiger partial charge in [-0.25, -0.2) is 0 Å². The van der Waals surface area contributed by atoms with E-state index in [0.717, 1.165) is 57.8 Å². The molecule has 1 unspecified atom stereocenters. The van der Waals surface area contributed by atoms with Crippen molar-refractivity contribution in [3.05, 3.63) is 0 Å². The average molecular weight is 270 g/mol. The van der Waals surface area contributed by atoms with E-state index in [4.69, 9.17) is 4.74 Å². The number of likely N-dealkylation sites (tertiary alicyclic amines) is 1. The predicted octanol–water partition coefficient (Wildman–Crippen LogP) is 2.04. The number of carbonyl (C=O) groups excluding carboxylic acids is 1. The van der Waals surface area contributed by atoms with E-state index in [-0.39, 0.29) is 12.0 Å². The van der Waals surface area contributed by atoms with Crippen molar-refractivity contribution in [2.75, 3.05) is 32.8 Å². The molecule has 1 rings (SSSR count). The Bertz CT molecular complexity index is 251. The number of unbranched alkanes of at least 4 members (excludes halogenated alkanes) is 1. The molecule has 0 aromatic carbocycles. The van der Waals surface area contributed by atoms with Gasteiger partial charge in [0.15, 0.2) is 0 Å². The van der Waals surface area contributed by atoms with Crippen molar-refractivity contribution in [2.24, 2.45) is 5.92 Å². The maximum atomic E-state index is 12.2. The largest absolute Gasteiger partial charge is 0.369 e. The number of piperidine rings is 1. The van der Waals surface area contributed by atoms with Crippen molar-refractivity contribution >= 4 is 5.91 Å². The van der Waals surface area contributed by atoms with E-state index >= 15 is 0 Å². The molecule has 1 aliphatic heterocycles. The molecular formula is C15H30N2O2. The average Bonchev–Trinajstić information content (AvgIpc) is 2.45. The van der Waals surface area contributed by atoms with Crippen LogP contribution in [0.4, 0.5) is 0 Å². The SMILES string of the molecule is CCCCOC(C)C(=O)N1CCC(CNCC)CC1. The highest BCUT2D eigenvalue weighted by atomic mass is 16.5. The fourth-order valence-electron chi connectivity index (χ4n) is 2.44. The van der Waals surface area contributed by atoms with Gasteiger partial charge in [0.05, 0.1) is 0 Å². The van der Waals surface area contributed by atoms with Crippen molar-refractivity contribution in [1.82, 2.24) is 10.2 Å². The maximum Gasteiger partial charge on any atom is 0.251 e. The number of nitrogens with zero attached hydrogens (tertiary/aromatic N) is 1. The van der Waals surface area contributed by atoms with Crippen molar-refractivity contribution in [3.63, 3.8) is 0 Å². The van der Waals surface area contributed by atoms with Gasteiger partial charge in [-0.15, -0.1) is 0 Å². The first-order valence-electron chi connectivity index (χ1n) is 7.80. The molecule has 0 spiro atoms. The summed E-state index contributed by atoms with van der Waals surface area (Å²) in [7, 11) is 0. The van der Waals surface area contributed by atoms with Crippen LogP contribution in [-0.2, 0) is 9.53 Å². The van der Waals surface area contributed by atoms with Crippen LogP contribution in [0.5, 0.6) is 0 Å². The third kappa shape index (κ3) is 5.91. The van der Waals surface area contributed by atoms with Crippen LogP contribution in [-0.4, -0.2) is 49.7 Å². The van der Waals surface area contributed by atoms with Gasteiger partial charge in [0.2, 0.25) is 0 Å². The molecule has 0 radical (unpaired) electrons. The lowest BCUT2D eigenvalue weighted by Gasteiger charge is -2.33. The molecule has 1 aliphatic rings. The van der Waals surface area contributed by atoms with E-state index in [1.54, 1.807) is 0 Å². The Morgan fingerprint density at radius 1 is 1.37 bits per heavy atom. The molecule has 112 valence electrons. The first kappa shape index (κ1) is 16.4. The molecule has 0 bridgehead atoms. The summed E-state index contributed by atoms with van der Waals surface area (Å²) >= 11 is 0. The van der Waals surface area contributed by atoms with E-state index in [0.29, 0.717) is 6.61 Å². The third-order valence-electron chi connectivity index (χ3n) is 3.82. The number of hydrogen-bond acceptors (Lipinski definition) is 3. The zero-order valence-corrected chi connectivity index (χ0v) is 12.8. The molecule has 1 N–H and O–H groups in total. The summed E-state index contributed by atoms with van der Waals surface area (Å²) in [6.07, 6.45) is 4.08. The molecular weight excluding hydrogens is 240 g/mol. The summed E-state index contributed by atoms with van der Waals surface area (Å²) in [5.74, 6) is 0.887. The van der Waals surface area contributed by atoms with Gasteiger partial charge >= 0.3 is 0 Å². The first-order chi connectivity index (χ1) is 9.19. The smallest absolute Gasteiger partial charge is 0.251 e. The van der Waals surface area contributed by atoms with Crippen molar-refractivity contribution in [1.29, 1.82) is 0 Å². The molecule has 4 nitrogen and oxygen atoms in total. The Balaban J connectivity index is 2.24. The molecule has 1 heterocycles. The molecule has 4 heteroatoms. The molecule has 1 saturated heterocycles. The minimum absolute atomic E-state index is 0.165. The Kier molecular flexibility index (Phi) is 8.07. The normalized spacial score (nSPS) is 18.6. The number of rotatable bonds is 8. The summed E-state index contributed by atoms with van der Waals surface area (Å²) in [4.78, 5) is 14.2. The van der Waals surface area contributed by atoms with Crippen LogP contribution in [0.3, 0.4) is 0 Å². The van der Waals surface area contributed by atoms with Gasteiger partial charge in [0.1, 0.15) is 6.10 Å². The highest BCUT2D eigenvalue weighted by molar-refractivity contribution is 5.80. The second-order valence-corrected chi connectivity index (χ2v) is 5.44. The van der Waals surface area contributed by atoms with Crippen LogP contribution >= 0.6 is 0 Å². The fraction of sp³-hybridized carbons (Fsp3) is 0.933. The summed E-state index contributed by atoms with van der Waals surface area (Å²) in [6.45, 7) is 10.7. The van der Waals surface area contributed by atoms with Gasteiger partial charge in [-0.05, 0) is 45.2 Å². The summed E-state index contributed by atoms with van der Waals surface area (Å²) in [5, 5.41) is 3.39. The van der Waals surface area contributed by atoms with E-state index in [9.17, 15) is 4.79 Å². The van der Waals surface area contributed by atoms with Gasteiger partial charge < -0.3 is 15.0 Å². The first-order valence-corrected chi connectivity index (χ1v) is 7.80. The van der Waals surface area contributed by atoms with Crippen LogP contribution in [0.2, 0.25) is 0 Å². The lowest BCUT2D eigenvalue weighted by atomic mass is 9.96. The van der Waals surface area contributed by atoms with Crippen molar-refractivity contribution in [3.8, 4) is 0 Å². The van der Waals surface area contributed by atoms with Gasteiger partial charge in [-0.1, -0.05) is 20.3 Å². The molecule has 0 saturated carbocycles. The Morgan fingerprint density at radius 3 is 2.63 bits per heavy atom. The van der Waals surface area contributed by atoms with Crippen LogP contribution in [0, 0.1) is 5.92 Å². The van der Waals surface area contributed by atoms with Gasteiger partial charge in [0.25, 0.3) is 5.91 Å². The van der Waals surface area contributed by atoms with E-state index in [1.165, 1.54) is 0 Å². The van der Waals surface area contributed by atoms with Crippen LogP contribution < -0.4 is 5.32 Å². The number of carbonyl (C=O) groups is 1. The van der Waals surface area contributed by atoms with Crippen LogP contribution in [0.1, 0.15) is 46.5 Å². The molecule has 0 aromatic rings. The topological polar surface area (TPSA) is 41.6 Å². The monoisotopic (exact) mass is 270 g/mol. The lowest BCUT2D eigenvalue weighted by molar-refractivity contribution is -0.144. The quantitative estimate of drug-likeness (QED) is 0.686. The Labute approximate surface area is 117 Å². The zero-order valence-electron chi connectivity index (χ0n) is 12.8. The standard InChI is InChI=1S/C15H30N2O2/c1-4-6-11-19-13(3)15(18)17-9-7-14(8-10-17)12-16-5-2/h13-14,16H,4-12H2,1-3H3. The molecule has 1 amide bonds. The third-order valence-corrected chi connectivity index (χ3v) is 3.82. The molecule has 0 aromatic heterocycles. The summed E-state index contributed by atoms with van der Waals surface area (Å²) in [6, 6.07) is 0. The van der Waals surface area contributed by atoms with E-state index < -0.39 is 0 Å². The minimum Gasteiger partial charge on any atom is -0.369 e. The Hall–Kier alpha value is -0.610. The number of hydrogen-bond donors (Lipinski definition) is 1. The van der Waals surface area contributed by atoms with E-state index in [2.05, 4.69) is 19.2 Å². The van der Waals surface area contributed by atoms with Crippen molar-refractivity contribution in [2.45, 2.75) is 52.6 Å². The minimum atomic E-state index is -0.281. The second-order valence-electron chi connectivity index (χ2n) is 5.44. The highest BCUT2D eigenvalue weighted by Gasteiger charge is 2.25. The molecule has 19 heavy (non-hydrogen) atoms. The van der Waals surface area contributed by atoms with Gasteiger partial charge in [-0.3, -0.25) is 4.79 Å². The number of ether oxygens (including phenoxy) is 1. The number of amides is 1. The van der Waals surface area contributed by atoms with Gasteiger partial charge in [0, 0.05) is 19.7 Å². The van der Waals surface area contributed by atoms with E-state index in [1.807, 2.05) is 11.8 Å².